The molecule has 1 fully saturated rings. The van der Waals surface area contributed by atoms with Crippen LogP contribution in [0.2, 0.25) is 0 Å². The number of hydrogen-bond acceptors (Lipinski definition) is 3. The fourth-order valence-corrected chi connectivity index (χ4v) is 1.74. The van der Waals surface area contributed by atoms with E-state index in [4.69, 9.17) is 0 Å². The summed E-state index contributed by atoms with van der Waals surface area (Å²) in [6, 6.07) is 0. The van der Waals surface area contributed by atoms with E-state index in [0.29, 0.717) is 5.92 Å². The van der Waals surface area contributed by atoms with Crippen molar-refractivity contribution in [3.63, 3.8) is 0 Å². The zero-order valence-corrected chi connectivity index (χ0v) is 9.19. The van der Waals surface area contributed by atoms with Gasteiger partial charge in [-0.3, -0.25) is 0 Å². The summed E-state index contributed by atoms with van der Waals surface area (Å²) < 4.78 is 2.11. The highest BCUT2D eigenvalue weighted by molar-refractivity contribution is 4.88. The fraction of sp³-hybridized carbons (Fsp3) is 0.727. The molecule has 1 unspecified atom stereocenters. The van der Waals surface area contributed by atoms with Gasteiger partial charge < -0.3 is 15.0 Å². The molecule has 2 N–H and O–H groups in total. The molecule has 1 aromatic rings. The van der Waals surface area contributed by atoms with Crippen LogP contribution in [0.3, 0.4) is 0 Å². The van der Waals surface area contributed by atoms with Gasteiger partial charge in [-0.1, -0.05) is 0 Å². The summed E-state index contributed by atoms with van der Waals surface area (Å²) in [7, 11) is 0. The second-order valence-corrected chi connectivity index (χ2v) is 4.28. The molecule has 0 aromatic carbocycles. The van der Waals surface area contributed by atoms with Gasteiger partial charge in [-0.05, 0) is 25.7 Å². The molecule has 0 saturated heterocycles. The molecule has 84 valence electrons. The minimum atomic E-state index is -0.145. The molecule has 1 aliphatic rings. The van der Waals surface area contributed by atoms with Crippen molar-refractivity contribution in [2.75, 3.05) is 13.1 Å². The van der Waals surface area contributed by atoms with Crippen molar-refractivity contribution < 1.29 is 5.11 Å². The normalized spacial score (nSPS) is 18.0. The van der Waals surface area contributed by atoms with Crippen molar-refractivity contribution in [2.45, 2.75) is 32.4 Å². The van der Waals surface area contributed by atoms with E-state index >= 15 is 0 Å². The number of nitrogens with zero attached hydrogens (tertiary/aromatic N) is 2. The maximum Gasteiger partial charge on any atom is 0.105 e. The van der Waals surface area contributed by atoms with Crippen molar-refractivity contribution in [1.29, 1.82) is 0 Å². The van der Waals surface area contributed by atoms with E-state index < -0.39 is 0 Å². The minimum absolute atomic E-state index is 0.145. The topological polar surface area (TPSA) is 50.1 Å². The predicted octanol–water partition coefficient (Wildman–Crippen LogP) is 0.552. The van der Waals surface area contributed by atoms with Crippen LogP contribution in [0.15, 0.2) is 12.4 Å². The van der Waals surface area contributed by atoms with Gasteiger partial charge in [-0.15, -0.1) is 0 Å². The lowest BCUT2D eigenvalue weighted by Gasteiger charge is -2.11. The van der Waals surface area contributed by atoms with Crippen LogP contribution in [-0.2, 0) is 6.54 Å². The van der Waals surface area contributed by atoms with E-state index in [1.807, 2.05) is 19.3 Å². The standard InChI is InChI=1S/C11H19N3O/c1-9-13-5-7-14(9)6-4-12-8-11(15)10-2-3-10/h5,7,10-12,15H,2-4,6,8H2,1H3. The Balaban J connectivity index is 1.60. The van der Waals surface area contributed by atoms with Gasteiger partial charge in [-0.2, -0.15) is 0 Å². The zero-order chi connectivity index (χ0) is 10.7. The average Bonchev–Trinajstić information content (AvgIpc) is 2.99. The summed E-state index contributed by atoms with van der Waals surface area (Å²) in [6.45, 7) is 4.53. The van der Waals surface area contributed by atoms with Gasteiger partial charge in [0, 0.05) is 32.0 Å². The summed E-state index contributed by atoms with van der Waals surface area (Å²) in [5.41, 5.74) is 0. The Labute approximate surface area is 90.3 Å². The average molecular weight is 209 g/mol. The molecule has 1 aromatic heterocycles. The number of aliphatic hydroxyl groups is 1. The van der Waals surface area contributed by atoms with Crippen LogP contribution >= 0.6 is 0 Å². The zero-order valence-electron chi connectivity index (χ0n) is 9.19. The van der Waals surface area contributed by atoms with E-state index in [1.165, 1.54) is 12.8 Å². The number of nitrogens with one attached hydrogen (secondary N) is 1. The molecule has 1 aliphatic carbocycles. The monoisotopic (exact) mass is 209 g/mol. The van der Waals surface area contributed by atoms with Gasteiger partial charge in [0.1, 0.15) is 5.82 Å². The van der Waals surface area contributed by atoms with Crippen LogP contribution in [0.1, 0.15) is 18.7 Å². The summed E-state index contributed by atoms with van der Waals surface area (Å²) in [5, 5.41) is 12.9. The highest BCUT2D eigenvalue weighted by Crippen LogP contribution is 2.32. The van der Waals surface area contributed by atoms with Crippen LogP contribution in [0, 0.1) is 12.8 Å². The lowest BCUT2D eigenvalue weighted by Crippen LogP contribution is -2.30. The van der Waals surface area contributed by atoms with Crippen LogP contribution in [-0.4, -0.2) is 33.9 Å². The van der Waals surface area contributed by atoms with Gasteiger partial charge in [0.2, 0.25) is 0 Å². The number of imidazole rings is 1. The van der Waals surface area contributed by atoms with Crippen LogP contribution in [0.5, 0.6) is 0 Å². The molecule has 2 rings (SSSR count). The maximum atomic E-state index is 9.62. The van der Waals surface area contributed by atoms with Crippen molar-refractivity contribution in [1.82, 2.24) is 14.9 Å². The van der Waals surface area contributed by atoms with Gasteiger partial charge in [0.05, 0.1) is 6.10 Å². The molecular weight excluding hydrogens is 190 g/mol. The first-order valence-electron chi connectivity index (χ1n) is 5.64. The first kappa shape index (κ1) is 10.6. The molecule has 0 bridgehead atoms. The summed E-state index contributed by atoms with van der Waals surface area (Å²) in [5.74, 6) is 1.60. The Morgan fingerprint density at radius 1 is 1.67 bits per heavy atom. The molecule has 4 nitrogen and oxygen atoms in total. The van der Waals surface area contributed by atoms with Crippen molar-refractivity contribution >= 4 is 0 Å². The number of aryl methyl sites for hydroxylation is 1. The van der Waals surface area contributed by atoms with Crippen LogP contribution in [0.4, 0.5) is 0 Å². The second-order valence-electron chi connectivity index (χ2n) is 4.28. The molecule has 15 heavy (non-hydrogen) atoms. The first-order valence-corrected chi connectivity index (χ1v) is 5.64. The molecule has 4 heteroatoms. The second kappa shape index (κ2) is 4.77. The maximum absolute atomic E-state index is 9.62. The molecule has 0 spiro atoms. The molecule has 0 amide bonds. The van der Waals surface area contributed by atoms with E-state index in [2.05, 4.69) is 14.9 Å². The fourth-order valence-electron chi connectivity index (χ4n) is 1.74. The number of aliphatic hydroxyl groups excluding tert-OH is 1. The number of hydrogen-bond donors (Lipinski definition) is 2. The Kier molecular flexibility index (Phi) is 3.38. The van der Waals surface area contributed by atoms with Crippen molar-refractivity contribution in [2.24, 2.45) is 5.92 Å². The smallest absolute Gasteiger partial charge is 0.105 e. The third-order valence-corrected chi connectivity index (χ3v) is 2.97. The summed E-state index contributed by atoms with van der Waals surface area (Å²) in [6.07, 6.45) is 6.05. The molecule has 0 radical (unpaired) electrons. The van der Waals surface area contributed by atoms with Gasteiger partial charge in [0.25, 0.3) is 0 Å². The Hall–Kier alpha value is -0.870. The summed E-state index contributed by atoms with van der Waals surface area (Å²) >= 11 is 0. The first-order chi connectivity index (χ1) is 7.27. The third kappa shape index (κ3) is 3.04. The summed E-state index contributed by atoms with van der Waals surface area (Å²) in [4.78, 5) is 4.15. The highest BCUT2D eigenvalue weighted by atomic mass is 16.3. The van der Waals surface area contributed by atoms with E-state index in [0.717, 1.165) is 25.5 Å². The molecule has 1 atom stereocenters. The predicted molar refractivity (Wildman–Crippen MR) is 58.6 cm³/mol. The SMILES string of the molecule is Cc1nccn1CCNCC(O)C1CC1. The van der Waals surface area contributed by atoms with Crippen molar-refractivity contribution in [3.05, 3.63) is 18.2 Å². The molecule has 1 saturated carbocycles. The molecule has 0 aliphatic heterocycles. The van der Waals surface area contributed by atoms with Gasteiger partial charge in [-0.25, -0.2) is 4.98 Å². The van der Waals surface area contributed by atoms with E-state index in [-0.39, 0.29) is 6.10 Å². The van der Waals surface area contributed by atoms with E-state index in [9.17, 15) is 5.11 Å². The quantitative estimate of drug-likeness (QED) is 0.673. The van der Waals surface area contributed by atoms with Crippen LogP contribution in [0.25, 0.3) is 0 Å². The van der Waals surface area contributed by atoms with Gasteiger partial charge >= 0.3 is 0 Å². The Morgan fingerprint density at radius 3 is 3.07 bits per heavy atom. The van der Waals surface area contributed by atoms with Gasteiger partial charge in [0.15, 0.2) is 0 Å². The minimum Gasteiger partial charge on any atom is -0.392 e. The molecule has 1 heterocycles. The lowest BCUT2D eigenvalue weighted by atomic mass is 10.2. The number of rotatable bonds is 6. The number of aromatic nitrogens is 2. The Morgan fingerprint density at radius 2 is 2.47 bits per heavy atom. The largest absolute Gasteiger partial charge is 0.392 e. The van der Waals surface area contributed by atoms with Crippen molar-refractivity contribution in [3.8, 4) is 0 Å². The Bertz CT molecular complexity index is 307. The lowest BCUT2D eigenvalue weighted by molar-refractivity contribution is 0.148. The highest BCUT2D eigenvalue weighted by Gasteiger charge is 2.28. The molecular formula is C11H19N3O. The third-order valence-electron chi connectivity index (χ3n) is 2.97. The van der Waals surface area contributed by atoms with E-state index in [1.54, 1.807) is 0 Å². The van der Waals surface area contributed by atoms with Crippen LogP contribution < -0.4 is 5.32 Å².